The summed E-state index contributed by atoms with van der Waals surface area (Å²) >= 11 is 13.3. The first-order chi connectivity index (χ1) is 14.4. The van der Waals surface area contributed by atoms with E-state index in [2.05, 4.69) is 15.5 Å². The summed E-state index contributed by atoms with van der Waals surface area (Å²) in [5.74, 6) is -1.22. The van der Waals surface area contributed by atoms with Crippen molar-refractivity contribution >= 4 is 63.2 Å². The number of hydrogen-bond acceptors (Lipinski definition) is 7. The summed E-state index contributed by atoms with van der Waals surface area (Å²) in [5.41, 5.74) is 1.90. The van der Waals surface area contributed by atoms with E-state index in [-0.39, 0.29) is 11.3 Å². The standard InChI is InChI=1S/C20H13Cl2N3O4S/c1-10-18-14(8-15(16-3-2-4-30-16)24-19(18)29-25-10)20(27)28-9-17(26)23-13-6-11(21)5-12(22)7-13/h2-8H,9H2,1H3,(H,23,26). The Hall–Kier alpha value is -2.94. The highest BCUT2D eigenvalue weighted by molar-refractivity contribution is 7.13. The first-order valence-electron chi connectivity index (χ1n) is 8.64. The molecular formula is C20H13Cl2N3O4S. The fraction of sp³-hybridized carbons (Fsp3) is 0.100. The van der Waals surface area contributed by atoms with E-state index in [4.69, 9.17) is 32.5 Å². The van der Waals surface area contributed by atoms with Crippen LogP contribution in [0.5, 0.6) is 0 Å². The Balaban J connectivity index is 1.54. The third-order valence-electron chi connectivity index (χ3n) is 4.09. The van der Waals surface area contributed by atoms with Gasteiger partial charge in [-0.05, 0) is 42.6 Å². The fourth-order valence-electron chi connectivity index (χ4n) is 2.84. The van der Waals surface area contributed by atoms with Gasteiger partial charge in [0, 0.05) is 15.7 Å². The van der Waals surface area contributed by atoms with Gasteiger partial charge in [-0.25, -0.2) is 9.78 Å². The van der Waals surface area contributed by atoms with Crippen molar-refractivity contribution in [2.24, 2.45) is 0 Å². The first-order valence-corrected chi connectivity index (χ1v) is 10.3. The van der Waals surface area contributed by atoms with Gasteiger partial charge < -0.3 is 14.6 Å². The number of nitrogens with zero attached hydrogens (tertiary/aromatic N) is 2. The van der Waals surface area contributed by atoms with Crippen molar-refractivity contribution in [1.29, 1.82) is 0 Å². The number of carbonyl (C=O) groups is 2. The predicted octanol–water partition coefficient (Wildman–Crippen LogP) is 5.36. The van der Waals surface area contributed by atoms with Crippen molar-refractivity contribution < 1.29 is 18.8 Å². The Morgan fingerprint density at radius 1 is 1.20 bits per heavy atom. The summed E-state index contributed by atoms with van der Waals surface area (Å²) in [6, 6.07) is 9.97. The zero-order chi connectivity index (χ0) is 21.3. The van der Waals surface area contributed by atoms with Crippen LogP contribution in [0.1, 0.15) is 16.1 Å². The van der Waals surface area contributed by atoms with Crippen LogP contribution in [0.2, 0.25) is 10.0 Å². The number of aryl methyl sites for hydroxylation is 1. The molecule has 0 atom stereocenters. The van der Waals surface area contributed by atoms with Gasteiger partial charge in [-0.2, -0.15) is 0 Å². The summed E-state index contributed by atoms with van der Waals surface area (Å²) in [5, 5.41) is 9.56. The summed E-state index contributed by atoms with van der Waals surface area (Å²) in [4.78, 5) is 30.2. The van der Waals surface area contributed by atoms with Gasteiger partial charge in [-0.3, -0.25) is 4.79 Å². The van der Waals surface area contributed by atoms with Crippen LogP contribution in [0, 0.1) is 6.92 Å². The molecule has 7 nitrogen and oxygen atoms in total. The number of carbonyl (C=O) groups excluding carboxylic acids is 2. The largest absolute Gasteiger partial charge is 0.452 e. The minimum absolute atomic E-state index is 0.223. The lowest BCUT2D eigenvalue weighted by Gasteiger charge is -2.09. The smallest absolute Gasteiger partial charge is 0.339 e. The number of anilines is 1. The molecule has 0 fully saturated rings. The normalized spacial score (nSPS) is 10.9. The molecule has 30 heavy (non-hydrogen) atoms. The summed E-state index contributed by atoms with van der Waals surface area (Å²) in [7, 11) is 0. The van der Waals surface area contributed by atoms with Crippen molar-refractivity contribution in [3.63, 3.8) is 0 Å². The number of amides is 1. The zero-order valence-corrected chi connectivity index (χ0v) is 17.8. The van der Waals surface area contributed by atoms with Crippen molar-refractivity contribution in [3.8, 4) is 10.6 Å². The molecule has 4 rings (SSSR count). The van der Waals surface area contributed by atoms with Gasteiger partial charge in [0.15, 0.2) is 6.61 Å². The van der Waals surface area contributed by atoms with E-state index in [1.807, 2.05) is 17.5 Å². The number of aromatic nitrogens is 2. The Bertz CT molecular complexity index is 1230. The molecule has 3 aromatic heterocycles. The quantitative estimate of drug-likeness (QED) is 0.401. The Morgan fingerprint density at radius 3 is 2.67 bits per heavy atom. The number of fused-ring (bicyclic) bond motifs is 1. The highest BCUT2D eigenvalue weighted by Crippen LogP contribution is 2.30. The second-order valence-corrected chi connectivity index (χ2v) is 8.08. The van der Waals surface area contributed by atoms with Crippen molar-refractivity contribution in [2.45, 2.75) is 6.92 Å². The number of thiophene rings is 1. The molecule has 0 aliphatic heterocycles. The second-order valence-electron chi connectivity index (χ2n) is 6.26. The molecule has 3 heterocycles. The fourth-order valence-corrected chi connectivity index (χ4v) is 4.05. The Morgan fingerprint density at radius 2 is 1.97 bits per heavy atom. The van der Waals surface area contributed by atoms with Crippen LogP contribution in [0.25, 0.3) is 21.7 Å². The maximum Gasteiger partial charge on any atom is 0.339 e. The van der Waals surface area contributed by atoms with E-state index in [1.165, 1.54) is 23.5 Å². The molecule has 0 saturated carbocycles. The van der Waals surface area contributed by atoms with E-state index in [0.29, 0.717) is 32.5 Å². The molecule has 0 aliphatic rings. The number of nitrogens with one attached hydrogen (secondary N) is 1. The molecule has 10 heteroatoms. The number of benzene rings is 1. The maximum atomic E-state index is 12.8. The molecule has 1 amide bonds. The van der Waals surface area contributed by atoms with Crippen molar-refractivity contribution in [2.75, 3.05) is 11.9 Å². The minimum Gasteiger partial charge on any atom is -0.452 e. The number of rotatable bonds is 5. The molecule has 1 N–H and O–H groups in total. The van der Waals surface area contributed by atoms with Crippen LogP contribution in [-0.4, -0.2) is 28.6 Å². The molecule has 0 radical (unpaired) electrons. The third-order valence-corrected chi connectivity index (χ3v) is 5.42. The highest BCUT2D eigenvalue weighted by atomic mass is 35.5. The maximum absolute atomic E-state index is 12.8. The molecule has 0 unspecified atom stereocenters. The lowest BCUT2D eigenvalue weighted by molar-refractivity contribution is -0.119. The van der Waals surface area contributed by atoms with Crippen LogP contribution in [0.3, 0.4) is 0 Å². The molecule has 0 saturated heterocycles. The second kappa shape index (κ2) is 8.43. The van der Waals surface area contributed by atoms with E-state index in [0.717, 1.165) is 4.88 Å². The number of hydrogen-bond donors (Lipinski definition) is 1. The van der Waals surface area contributed by atoms with Crippen LogP contribution in [0.4, 0.5) is 5.69 Å². The van der Waals surface area contributed by atoms with Gasteiger partial charge in [0.25, 0.3) is 11.6 Å². The van der Waals surface area contributed by atoms with Gasteiger partial charge in [-0.15, -0.1) is 11.3 Å². The molecular weight excluding hydrogens is 449 g/mol. The van der Waals surface area contributed by atoms with E-state index < -0.39 is 18.5 Å². The first kappa shape index (κ1) is 20.3. The molecule has 152 valence electrons. The average Bonchev–Trinajstić information content (AvgIpc) is 3.35. The lowest BCUT2D eigenvalue weighted by atomic mass is 10.1. The number of halogens is 2. The van der Waals surface area contributed by atoms with Crippen molar-refractivity contribution in [3.05, 3.63) is 63.1 Å². The third kappa shape index (κ3) is 4.30. The monoisotopic (exact) mass is 461 g/mol. The highest BCUT2D eigenvalue weighted by Gasteiger charge is 2.21. The number of pyridine rings is 1. The number of ether oxygens (including phenoxy) is 1. The van der Waals surface area contributed by atoms with Gasteiger partial charge in [0.2, 0.25) is 0 Å². The SMILES string of the molecule is Cc1noc2nc(-c3cccs3)cc(C(=O)OCC(=O)Nc3cc(Cl)cc(Cl)c3)c12. The van der Waals surface area contributed by atoms with E-state index in [1.54, 1.807) is 19.1 Å². The predicted molar refractivity (Wildman–Crippen MR) is 115 cm³/mol. The van der Waals surface area contributed by atoms with E-state index in [9.17, 15) is 9.59 Å². The topological polar surface area (TPSA) is 94.3 Å². The average molecular weight is 462 g/mol. The molecule has 0 spiro atoms. The molecule has 0 bridgehead atoms. The Kier molecular flexibility index (Phi) is 5.72. The Labute approximate surface area is 184 Å². The molecule has 1 aromatic carbocycles. The van der Waals surface area contributed by atoms with Crippen LogP contribution in [-0.2, 0) is 9.53 Å². The molecule has 4 aromatic rings. The van der Waals surface area contributed by atoms with Crippen LogP contribution >= 0.6 is 34.5 Å². The summed E-state index contributed by atoms with van der Waals surface area (Å²) < 4.78 is 10.5. The summed E-state index contributed by atoms with van der Waals surface area (Å²) in [6.07, 6.45) is 0. The zero-order valence-electron chi connectivity index (χ0n) is 15.4. The lowest BCUT2D eigenvalue weighted by Crippen LogP contribution is -2.21. The van der Waals surface area contributed by atoms with Gasteiger partial charge >= 0.3 is 5.97 Å². The minimum atomic E-state index is -0.689. The van der Waals surface area contributed by atoms with Crippen molar-refractivity contribution in [1.82, 2.24) is 10.1 Å². The number of esters is 1. The van der Waals surface area contributed by atoms with Gasteiger partial charge in [0.1, 0.15) is 0 Å². The van der Waals surface area contributed by atoms with Crippen LogP contribution in [0.15, 0.2) is 46.3 Å². The summed E-state index contributed by atoms with van der Waals surface area (Å²) in [6.45, 7) is 1.20. The molecule has 0 aliphatic carbocycles. The van der Waals surface area contributed by atoms with Gasteiger partial charge in [-0.1, -0.05) is 34.4 Å². The van der Waals surface area contributed by atoms with Gasteiger partial charge in [0.05, 0.1) is 27.2 Å². The van der Waals surface area contributed by atoms with Crippen LogP contribution < -0.4 is 5.32 Å². The van der Waals surface area contributed by atoms with E-state index >= 15 is 0 Å².